The van der Waals surface area contributed by atoms with Crippen LogP contribution in [-0.4, -0.2) is 126 Å². The molecule has 0 radical (unpaired) electrons. The quantitative estimate of drug-likeness (QED) is 0.0682. The molecule has 306 valence electrons. The third-order valence-electron chi connectivity index (χ3n) is 3.67. The van der Waals surface area contributed by atoms with E-state index in [4.69, 9.17) is 89.8 Å². The van der Waals surface area contributed by atoms with Crippen molar-refractivity contribution in [2.75, 3.05) is 0 Å². The van der Waals surface area contributed by atoms with Crippen LogP contribution in [0.1, 0.15) is 40.0 Å². The van der Waals surface area contributed by atoms with Crippen LogP contribution in [0.25, 0.3) is 0 Å². The van der Waals surface area contributed by atoms with Crippen LogP contribution in [0.3, 0.4) is 0 Å². The fourth-order valence-corrected chi connectivity index (χ4v) is 1.13. The maximum atomic E-state index is 11.5. The smallest absolute Gasteiger partial charge is 0.907 e. The molecule has 0 heterocycles. The summed E-state index contributed by atoms with van der Waals surface area (Å²) in [5.41, 5.74) is 0. The molecule has 55 heavy (non-hydrogen) atoms. The third kappa shape index (κ3) is 80.0. The van der Waals surface area contributed by atoms with Crippen molar-refractivity contribution in [2.45, 2.75) is 58.6 Å². The molecule has 0 saturated heterocycles. The minimum atomic E-state index is -4.39. The van der Waals surface area contributed by atoms with Crippen molar-refractivity contribution in [3.05, 3.63) is 0 Å². The Morgan fingerprint density at radius 3 is 0.509 bits per heavy atom. The number of alkyl halides is 9. The Balaban J connectivity index is -0.0000000543. The number of carbonyl (C=O) groups is 9. The van der Waals surface area contributed by atoms with Crippen LogP contribution in [0.5, 0.6) is 0 Å². The second-order valence-electron chi connectivity index (χ2n) is 8.24. The van der Waals surface area contributed by atoms with Gasteiger partial charge in [0.1, 0.15) is 0 Å². The Labute approximate surface area is 336 Å². The SMILES string of the molecule is CC(CC(=O)O)C(F)(F)F.CC(CC(=O)O)C(F)(F)F.CC(CC(=O)O)C(F)(F)F.O=C(O)C(=O)O.O=C(O)C(=O)O.O=C(O)C(=O)O.[Li+].[Li+].[Li+].[O-]B([O-])[O-]. The van der Waals surface area contributed by atoms with Gasteiger partial charge in [0.15, 0.2) is 0 Å². The molecule has 0 aromatic carbocycles. The Morgan fingerprint density at radius 1 is 0.400 bits per heavy atom. The summed E-state index contributed by atoms with van der Waals surface area (Å²) in [6.45, 7) is 2.52. The fourth-order valence-electron chi connectivity index (χ4n) is 1.13. The maximum Gasteiger partial charge on any atom is 1.00 e. The molecule has 0 rings (SSSR count). The van der Waals surface area contributed by atoms with Crippen LogP contribution in [0.2, 0.25) is 0 Å². The topological polar surface area (TPSA) is 405 Å². The van der Waals surface area contributed by atoms with Gasteiger partial charge in [0, 0.05) is 0 Å². The molecule has 0 aliphatic carbocycles. The van der Waals surface area contributed by atoms with Crippen molar-refractivity contribution in [3.63, 3.8) is 0 Å². The van der Waals surface area contributed by atoms with Crippen molar-refractivity contribution in [2.24, 2.45) is 17.8 Å². The van der Waals surface area contributed by atoms with Gasteiger partial charge in [-0.05, 0) is 0 Å². The predicted octanol–water partition coefficient (Wildman–Crippen LogP) is -10.5. The van der Waals surface area contributed by atoms with Crippen molar-refractivity contribution in [1.82, 2.24) is 0 Å². The first-order valence-electron chi connectivity index (χ1n) is 11.9. The van der Waals surface area contributed by atoms with E-state index in [0.29, 0.717) is 0 Å². The van der Waals surface area contributed by atoms with E-state index in [0.717, 1.165) is 20.8 Å². The van der Waals surface area contributed by atoms with Crippen LogP contribution >= 0.6 is 0 Å². The van der Waals surface area contributed by atoms with Crippen molar-refractivity contribution < 1.29 is 200 Å². The Bertz CT molecular complexity index is 983. The summed E-state index contributed by atoms with van der Waals surface area (Å²) in [5.74, 6) is -20.5. The Morgan fingerprint density at radius 2 is 0.491 bits per heavy atom. The zero-order chi connectivity index (χ0) is 44.1. The van der Waals surface area contributed by atoms with Gasteiger partial charge >= 0.3 is 129 Å². The monoisotopic (exact) mass is 818 g/mol. The summed E-state index contributed by atoms with van der Waals surface area (Å²) >= 11 is 0. The molecule has 21 nitrogen and oxygen atoms in total. The fraction of sp³-hybridized carbons (Fsp3) is 0.571. The molecule has 0 aliphatic heterocycles. The number of rotatable bonds is 6. The standard InChI is InChI=1S/3C5H7F3O2.3C2H2O4.BO3.3Li/c3*1-3(2-4(9)10)5(6,7)8;3*3-1(4)2(5)6;2-1(3)4;;;/h3*3H,2H2,1H3,(H,9,10);3*(H,3,4)(H,5,6);;;;/q;;;;;;-3;3*+1. The number of aliphatic carboxylic acids is 9. The summed E-state index contributed by atoms with van der Waals surface area (Å²) in [4.78, 5) is 83.9. The van der Waals surface area contributed by atoms with Crippen molar-refractivity contribution in [1.29, 1.82) is 0 Å². The minimum absolute atomic E-state index is 0. The van der Waals surface area contributed by atoms with E-state index in [9.17, 15) is 53.9 Å². The van der Waals surface area contributed by atoms with Gasteiger partial charge in [-0.1, -0.05) is 20.8 Å². The zero-order valence-electron chi connectivity index (χ0n) is 28.8. The average Bonchev–Trinajstić information content (AvgIpc) is 2.87. The Kier molecular flexibility index (Phi) is 53.4. The molecule has 0 bridgehead atoms. The molecule has 0 aliphatic rings. The van der Waals surface area contributed by atoms with Gasteiger partial charge in [-0.3, -0.25) is 21.7 Å². The molecule has 0 aromatic heterocycles. The summed E-state index contributed by atoms with van der Waals surface area (Å²) < 4.78 is 104. The number of carboxylic acids is 9. The van der Waals surface area contributed by atoms with E-state index in [1.165, 1.54) is 0 Å². The van der Waals surface area contributed by atoms with Crippen LogP contribution in [0, 0.1) is 17.8 Å². The first kappa shape index (κ1) is 76.1. The number of hydrogen-bond donors (Lipinski definition) is 9. The molecule has 0 spiro atoms. The minimum Gasteiger partial charge on any atom is -0.907 e. The summed E-state index contributed by atoms with van der Waals surface area (Å²) in [6, 6.07) is 0. The molecule has 3 unspecified atom stereocenters. The first-order valence-corrected chi connectivity index (χ1v) is 11.9. The van der Waals surface area contributed by atoms with Gasteiger partial charge in [-0.2, -0.15) is 39.5 Å². The van der Waals surface area contributed by atoms with E-state index >= 15 is 0 Å². The van der Waals surface area contributed by atoms with Crippen molar-refractivity contribution in [3.8, 4) is 0 Å². The summed E-state index contributed by atoms with van der Waals surface area (Å²) in [6.07, 6.45) is -15.7. The number of hydrogen-bond acceptors (Lipinski definition) is 12. The van der Waals surface area contributed by atoms with Gasteiger partial charge in [0.05, 0.1) is 37.0 Å². The average molecular weight is 818 g/mol. The van der Waals surface area contributed by atoms with Crippen LogP contribution < -0.4 is 71.7 Å². The normalized spacial score (nSPS) is 11.0. The predicted molar refractivity (Wildman–Crippen MR) is 134 cm³/mol. The van der Waals surface area contributed by atoms with Crippen LogP contribution in [0.15, 0.2) is 0 Å². The van der Waals surface area contributed by atoms with Crippen LogP contribution in [-0.2, 0) is 43.2 Å². The molecule has 34 heteroatoms. The van der Waals surface area contributed by atoms with Gasteiger partial charge in [0.2, 0.25) is 0 Å². The van der Waals surface area contributed by atoms with E-state index in [1.807, 2.05) is 0 Å². The second-order valence-corrected chi connectivity index (χ2v) is 8.24. The second kappa shape index (κ2) is 38.6. The van der Waals surface area contributed by atoms with E-state index in [2.05, 4.69) is 0 Å². The van der Waals surface area contributed by atoms with Gasteiger partial charge in [-0.25, -0.2) is 28.8 Å². The molecule has 3 atom stereocenters. The summed E-state index contributed by atoms with van der Waals surface area (Å²) in [7, 11) is -2.92. The first-order chi connectivity index (χ1) is 22.7. The van der Waals surface area contributed by atoms with E-state index in [1.54, 1.807) is 0 Å². The van der Waals surface area contributed by atoms with Gasteiger partial charge in [-0.15, -0.1) is 0 Å². The molecule has 0 aromatic rings. The summed E-state index contributed by atoms with van der Waals surface area (Å²) in [5, 5.41) is 93.4. The molecule has 0 amide bonds. The van der Waals surface area contributed by atoms with Gasteiger partial charge < -0.3 is 61.0 Å². The molecule has 0 saturated carbocycles. The van der Waals surface area contributed by atoms with Crippen molar-refractivity contribution >= 4 is 61.0 Å². The van der Waals surface area contributed by atoms with Crippen LogP contribution in [0.4, 0.5) is 39.5 Å². The van der Waals surface area contributed by atoms with Gasteiger partial charge in [0.25, 0.3) is 0 Å². The van der Waals surface area contributed by atoms with E-state index < -0.39 is 117 Å². The molecule has 9 N–H and O–H groups in total. The number of carboxylic acid groups (broad SMARTS) is 9. The van der Waals surface area contributed by atoms with E-state index in [-0.39, 0.29) is 56.6 Å². The Hall–Kier alpha value is -3.66. The number of halogens is 9. The molecular formula is C21H27BF9Li3O21. The zero-order valence-corrected chi connectivity index (χ0v) is 28.8. The molecular weight excluding hydrogens is 791 g/mol. The maximum absolute atomic E-state index is 11.5. The third-order valence-corrected chi connectivity index (χ3v) is 3.67. The largest absolute Gasteiger partial charge is 1.00 e. The molecule has 0 fully saturated rings.